The average Bonchev–Trinajstić information content (AvgIpc) is 2.40. The van der Waals surface area contributed by atoms with Crippen molar-refractivity contribution in [1.29, 1.82) is 5.26 Å². The van der Waals surface area contributed by atoms with E-state index in [0.717, 1.165) is 34.9 Å². The van der Waals surface area contributed by atoms with Crippen LogP contribution in [0, 0.1) is 11.3 Å². The Kier molecular flexibility index (Phi) is 5.58. The van der Waals surface area contributed by atoms with Crippen molar-refractivity contribution in [2.24, 2.45) is 0 Å². The molecule has 1 fully saturated rings. The fourth-order valence-corrected chi connectivity index (χ4v) is 3.58. The largest absolute Gasteiger partial charge is 0.349 e. The molecule has 1 aliphatic heterocycles. The van der Waals surface area contributed by atoms with E-state index in [-0.39, 0.29) is 11.9 Å². The summed E-state index contributed by atoms with van der Waals surface area (Å²) < 4.78 is 1.75. The predicted molar refractivity (Wildman–Crippen MR) is 84.4 cm³/mol. The molecule has 1 saturated heterocycles. The molecular weight excluding hydrogens is 386 g/mol. The number of carbonyl (C=O) groups excluding carboxylic acids is 1. The number of amides is 1. The fraction of sp³-hybridized carbons (Fsp3) is 0.429. The molecule has 4 nitrogen and oxygen atoms in total. The molecule has 1 amide bonds. The number of likely N-dealkylation sites (tertiary alicyclic amines) is 1. The molecule has 1 N–H and O–H groups in total. The highest BCUT2D eigenvalue weighted by Crippen LogP contribution is 2.20. The van der Waals surface area contributed by atoms with Gasteiger partial charge < -0.3 is 5.32 Å². The summed E-state index contributed by atoms with van der Waals surface area (Å²) in [5.41, 5.74) is 0.644. The van der Waals surface area contributed by atoms with Gasteiger partial charge in [-0.25, -0.2) is 0 Å². The number of hydrogen-bond acceptors (Lipinski definition) is 3. The van der Waals surface area contributed by atoms with Crippen LogP contribution in [0.4, 0.5) is 0 Å². The molecule has 1 aromatic rings. The van der Waals surface area contributed by atoms with Crippen molar-refractivity contribution in [1.82, 2.24) is 10.2 Å². The number of piperidine rings is 1. The lowest BCUT2D eigenvalue weighted by Gasteiger charge is -2.30. The van der Waals surface area contributed by atoms with Crippen molar-refractivity contribution in [3.8, 4) is 6.07 Å². The van der Waals surface area contributed by atoms with Gasteiger partial charge in [-0.1, -0.05) is 31.9 Å². The van der Waals surface area contributed by atoms with Crippen LogP contribution in [0.5, 0.6) is 0 Å². The quantitative estimate of drug-likeness (QED) is 0.793. The van der Waals surface area contributed by atoms with E-state index in [1.165, 1.54) is 0 Å². The van der Waals surface area contributed by atoms with E-state index < -0.39 is 0 Å². The molecule has 0 unspecified atom stereocenters. The molecule has 0 aromatic heterocycles. The zero-order valence-corrected chi connectivity index (χ0v) is 14.1. The van der Waals surface area contributed by atoms with Crippen LogP contribution in [0.2, 0.25) is 0 Å². The van der Waals surface area contributed by atoms with Crippen molar-refractivity contribution in [2.45, 2.75) is 18.9 Å². The van der Waals surface area contributed by atoms with Gasteiger partial charge in [0.05, 0.1) is 12.6 Å². The molecule has 1 aromatic carbocycles. The van der Waals surface area contributed by atoms with Crippen LogP contribution in [-0.4, -0.2) is 36.5 Å². The predicted octanol–water partition coefficient (Wildman–Crippen LogP) is 2.93. The lowest BCUT2D eigenvalue weighted by molar-refractivity contribution is 0.0914. The Morgan fingerprint density at radius 2 is 1.90 bits per heavy atom. The SMILES string of the molecule is N#CCN1CCC(NC(=O)c2cc(Br)cc(Br)c2)CC1. The molecule has 0 aliphatic carbocycles. The molecule has 0 atom stereocenters. The van der Waals surface area contributed by atoms with Crippen molar-refractivity contribution in [3.05, 3.63) is 32.7 Å². The molecule has 0 spiro atoms. The van der Waals surface area contributed by atoms with Crippen LogP contribution in [0.25, 0.3) is 0 Å². The highest BCUT2D eigenvalue weighted by molar-refractivity contribution is 9.11. The van der Waals surface area contributed by atoms with Gasteiger partial charge in [-0.2, -0.15) is 5.26 Å². The highest BCUT2D eigenvalue weighted by Gasteiger charge is 2.21. The first-order valence-corrected chi connectivity index (χ1v) is 8.03. The van der Waals surface area contributed by atoms with Crippen molar-refractivity contribution in [2.75, 3.05) is 19.6 Å². The van der Waals surface area contributed by atoms with Gasteiger partial charge in [0.1, 0.15) is 0 Å². The second kappa shape index (κ2) is 7.21. The van der Waals surface area contributed by atoms with Gasteiger partial charge in [-0.3, -0.25) is 9.69 Å². The maximum atomic E-state index is 12.2. The van der Waals surface area contributed by atoms with Gasteiger partial charge in [0, 0.05) is 33.6 Å². The number of rotatable bonds is 3. The maximum Gasteiger partial charge on any atom is 0.251 e. The van der Waals surface area contributed by atoms with Crippen LogP contribution in [0.3, 0.4) is 0 Å². The van der Waals surface area contributed by atoms with Crippen molar-refractivity contribution in [3.63, 3.8) is 0 Å². The molecule has 0 bridgehead atoms. The summed E-state index contributed by atoms with van der Waals surface area (Å²) in [6.07, 6.45) is 1.78. The van der Waals surface area contributed by atoms with Crippen LogP contribution in [0.1, 0.15) is 23.2 Å². The van der Waals surface area contributed by atoms with Crippen molar-refractivity contribution >= 4 is 37.8 Å². The van der Waals surface area contributed by atoms with Gasteiger partial charge in [0.25, 0.3) is 5.91 Å². The number of nitrogens with zero attached hydrogens (tertiary/aromatic N) is 2. The molecule has 20 heavy (non-hydrogen) atoms. The number of benzene rings is 1. The van der Waals surface area contributed by atoms with E-state index in [1.54, 1.807) is 0 Å². The Morgan fingerprint density at radius 3 is 2.45 bits per heavy atom. The zero-order chi connectivity index (χ0) is 14.5. The fourth-order valence-electron chi connectivity index (χ4n) is 2.29. The third-order valence-corrected chi connectivity index (χ3v) is 4.26. The summed E-state index contributed by atoms with van der Waals surface area (Å²) in [6, 6.07) is 7.87. The van der Waals surface area contributed by atoms with Crippen molar-refractivity contribution < 1.29 is 4.79 Å². The molecule has 2 rings (SSSR count). The van der Waals surface area contributed by atoms with Gasteiger partial charge in [0.15, 0.2) is 0 Å². The van der Waals surface area contributed by atoms with E-state index in [2.05, 4.69) is 48.1 Å². The Balaban J connectivity index is 1.91. The van der Waals surface area contributed by atoms with Gasteiger partial charge in [-0.15, -0.1) is 0 Å². The monoisotopic (exact) mass is 399 g/mol. The second-order valence-corrected chi connectivity index (χ2v) is 6.67. The van der Waals surface area contributed by atoms with Gasteiger partial charge in [-0.05, 0) is 31.0 Å². The van der Waals surface area contributed by atoms with E-state index in [4.69, 9.17) is 5.26 Å². The minimum atomic E-state index is -0.0502. The first-order chi connectivity index (χ1) is 9.58. The summed E-state index contributed by atoms with van der Waals surface area (Å²) in [7, 11) is 0. The number of halogens is 2. The summed E-state index contributed by atoms with van der Waals surface area (Å²) in [5, 5.41) is 11.7. The van der Waals surface area contributed by atoms with Gasteiger partial charge >= 0.3 is 0 Å². The van der Waals surface area contributed by atoms with E-state index >= 15 is 0 Å². The summed E-state index contributed by atoms with van der Waals surface area (Å²) >= 11 is 6.77. The molecule has 6 heteroatoms. The summed E-state index contributed by atoms with van der Waals surface area (Å²) in [5.74, 6) is -0.0502. The van der Waals surface area contributed by atoms with Crippen LogP contribution < -0.4 is 5.32 Å². The third-order valence-electron chi connectivity index (χ3n) is 3.34. The molecule has 1 heterocycles. The van der Waals surface area contributed by atoms with E-state index in [1.807, 2.05) is 18.2 Å². The molecule has 1 aliphatic rings. The first-order valence-electron chi connectivity index (χ1n) is 6.45. The smallest absolute Gasteiger partial charge is 0.251 e. The lowest BCUT2D eigenvalue weighted by atomic mass is 10.0. The Bertz CT molecular complexity index is 513. The second-order valence-electron chi connectivity index (χ2n) is 4.84. The van der Waals surface area contributed by atoms with Crippen LogP contribution >= 0.6 is 31.9 Å². The Morgan fingerprint density at radius 1 is 1.30 bits per heavy atom. The topological polar surface area (TPSA) is 56.1 Å². The van der Waals surface area contributed by atoms with E-state index in [9.17, 15) is 4.79 Å². The number of carbonyl (C=O) groups is 1. The third kappa shape index (κ3) is 4.30. The van der Waals surface area contributed by atoms with Crippen LogP contribution in [-0.2, 0) is 0 Å². The highest BCUT2D eigenvalue weighted by atomic mass is 79.9. The number of hydrogen-bond donors (Lipinski definition) is 1. The molecule has 106 valence electrons. The minimum Gasteiger partial charge on any atom is -0.349 e. The average molecular weight is 401 g/mol. The van der Waals surface area contributed by atoms with E-state index in [0.29, 0.717) is 12.1 Å². The zero-order valence-electron chi connectivity index (χ0n) is 10.9. The standard InChI is InChI=1S/C14H15Br2N3O/c15-11-7-10(8-12(16)9-11)14(20)18-13-1-4-19(5-2-13)6-3-17/h7-9,13H,1-2,4-6H2,(H,18,20). The normalized spacial score (nSPS) is 16.6. The lowest BCUT2D eigenvalue weighted by Crippen LogP contribution is -2.44. The maximum absolute atomic E-state index is 12.2. The minimum absolute atomic E-state index is 0.0502. The summed E-state index contributed by atoms with van der Waals surface area (Å²) in [6.45, 7) is 2.20. The van der Waals surface area contributed by atoms with Gasteiger partial charge in [0.2, 0.25) is 0 Å². The number of nitriles is 1. The first kappa shape index (κ1) is 15.5. The molecule has 0 radical (unpaired) electrons. The number of nitrogens with one attached hydrogen (secondary N) is 1. The summed E-state index contributed by atoms with van der Waals surface area (Å²) in [4.78, 5) is 14.3. The Labute approximate surface area is 135 Å². The molecular formula is C14H15Br2N3O. The molecule has 0 saturated carbocycles. The van der Waals surface area contributed by atoms with Crippen LogP contribution in [0.15, 0.2) is 27.1 Å². The Hall–Kier alpha value is -0.900.